The van der Waals surface area contributed by atoms with Crippen LogP contribution in [0.25, 0.3) is 10.1 Å². The van der Waals surface area contributed by atoms with Crippen LogP contribution in [0.15, 0.2) is 23.1 Å². The molecule has 0 aliphatic rings. The first-order chi connectivity index (χ1) is 6.24. The average molecular weight is 212 g/mol. The Hall–Kier alpha value is -0.540. The van der Waals surface area contributed by atoms with Crippen molar-refractivity contribution in [2.24, 2.45) is 0 Å². The third-order valence-electron chi connectivity index (χ3n) is 2.00. The van der Waals surface area contributed by atoms with Crippen LogP contribution in [0, 0.1) is 12.7 Å². The number of fused-ring (bicyclic) bond motifs is 1. The standard InChI is InChI=1S/C10H9FS2/c1-6-10(11)9-7(12-2)4-3-5-8(9)13-6/h3-5H,1-2H3. The first-order valence-electron chi connectivity index (χ1n) is 3.95. The van der Waals surface area contributed by atoms with Crippen molar-refractivity contribution in [3.8, 4) is 0 Å². The Morgan fingerprint density at radius 2 is 2.15 bits per heavy atom. The van der Waals surface area contributed by atoms with Gasteiger partial charge in [-0.15, -0.1) is 23.1 Å². The fourth-order valence-corrected chi connectivity index (χ4v) is 3.02. The van der Waals surface area contributed by atoms with Crippen molar-refractivity contribution in [2.45, 2.75) is 11.8 Å². The molecule has 0 N–H and O–H groups in total. The molecule has 0 spiro atoms. The van der Waals surface area contributed by atoms with Crippen molar-refractivity contribution in [1.82, 2.24) is 0 Å². The van der Waals surface area contributed by atoms with E-state index >= 15 is 0 Å². The molecule has 0 amide bonds. The summed E-state index contributed by atoms with van der Waals surface area (Å²) in [6.07, 6.45) is 1.97. The summed E-state index contributed by atoms with van der Waals surface area (Å²) in [5.41, 5.74) is 0. The molecule has 1 heterocycles. The quantitative estimate of drug-likeness (QED) is 0.642. The predicted octanol–water partition coefficient (Wildman–Crippen LogP) is 4.07. The third kappa shape index (κ3) is 1.36. The second-order valence-corrected chi connectivity index (χ2v) is 4.91. The molecule has 2 rings (SSSR count). The van der Waals surface area contributed by atoms with Gasteiger partial charge in [0, 0.05) is 19.9 Å². The van der Waals surface area contributed by atoms with Crippen molar-refractivity contribution in [1.29, 1.82) is 0 Å². The highest BCUT2D eigenvalue weighted by Crippen LogP contribution is 2.35. The summed E-state index contributed by atoms with van der Waals surface area (Å²) in [4.78, 5) is 1.80. The molecule has 68 valence electrons. The van der Waals surface area contributed by atoms with Crippen LogP contribution < -0.4 is 0 Å². The Labute approximate surface area is 84.8 Å². The Morgan fingerprint density at radius 3 is 2.85 bits per heavy atom. The Kier molecular flexibility index (Phi) is 2.30. The van der Waals surface area contributed by atoms with Gasteiger partial charge in [-0.05, 0) is 25.3 Å². The lowest BCUT2D eigenvalue weighted by Gasteiger charge is -1.97. The average Bonchev–Trinajstić information content (AvgIpc) is 2.43. The van der Waals surface area contributed by atoms with Gasteiger partial charge in [-0.3, -0.25) is 0 Å². The van der Waals surface area contributed by atoms with Crippen molar-refractivity contribution >= 4 is 33.2 Å². The molecule has 0 saturated carbocycles. The van der Waals surface area contributed by atoms with Crippen molar-refractivity contribution in [2.75, 3.05) is 6.26 Å². The lowest BCUT2D eigenvalue weighted by Crippen LogP contribution is -1.76. The Bertz CT molecular complexity index is 445. The van der Waals surface area contributed by atoms with E-state index < -0.39 is 0 Å². The maximum Gasteiger partial charge on any atom is 0.145 e. The fraction of sp³-hybridized carbons (Fsp3) is 0.200. The number of thioether (sulfide) groups is 1. The topological polar surface area (TPSA) is 0 Å². The second kappa shape index (κ2) is 3.31. The van der Waals surface area contributed by atoms with Gasteiger partial charge in [-0.2, -0.15) is 0 Å². The first kappa shape index (κ1) is 9.03. The van der Waals surface area contributed by atoms with Gasteiger partial charge in [0.15, 0.2) is 0 Å². The molecule has 0 bridgehead atoms. The van der Waals surface area contributed by atoms with Gasteiger partial charge in [-0.25, -0.2) is 4.39 Å². The number of benzene rings is 1. The number of aryl methyl sites for hydroxylation is 1. The maximum atomic E-state index is 13.6. The molecule has 0 fully saturated rings. The molecule has 2 aromatic rings. The van der Waals surface area contributed by atoms with Crippen LogP contribution in [0.2, 0.25) is 0 Å². The minimum absolute atomic E-state index is 0.0510. The summed E-state index contributed by atoms with van der Waals surface area (Å²) in [7, 11) is 0. The van der Waals surface area contributed by atoms with E-state index in [1.165, 1.54) is 11.3 Å². The SMILES string of the molecule is CSc1cccc2sc(C)c(F)c12. The van der Waals surface area contributed by atoms with Gasteiger partial charge in [0.25, 0.3) is 0 Å². The smallest absolute Gasteiger partial charge is 0.145 e. The van der Waals surface area contributed by atoms with E-state index in [0.717, 1.165) is 19.9 Å². The van der Waals surface area contributed by atoms with Crippen LogP contribution in [0.5, 0.6) is 0 Å². The molecular formula is C10H9FS2. The van der Waals surface area contributed by atoms with Crippen LogP contribution in [0.3, 0.4) is 0 Å². The van der Waals surface area contributed by atoms with E-state index in [2.05, 4.69) is 0 Å². The number of rotatable bonds is 1. The zero-order chi connectivity index (χ0) is 9.42. The lowest BCUT2D eigenvalue weighted by atomic mass is 10.2. The Balaban J connectivity index is 2.87. The van der Waals surface area contributed by atoms with E-state index in [1.54, 1.807) is 11.8 Å². The molecule has 0 aliphatic carbocycles. The van der Waals surface area contributed by atoms with Crippen LogP contribution in [-0.4, -0.2) is 6.26 Å². The summed E-state index contributed by atoms with van der Waals surface area (Å²) < 4.78 is 14.6. The molecule has 0 radical (unpaired) electrons. The van der Waals surface area contributed by atoms with Crippen molar-refractivity contribution in [3.05, 3.63) is 28.9 Å². The molecular weight excluding hydrogens is 203 g/mol. The summed E-state index contributed by atoms with van der Waals surface area (Å²) in [5, 5.41) is 0.789. The molecule has 3 heteroatoms. The molecule has 1 aromatic heterocycles. The molecule has 0 saturated heterocycles. The molecule has 13 heavy (non-hydrogen) atoms. The van der Waals surface area contributed by atoms with Gasteiger partial charge >= 0.3 is 0 Å². The van der Waals surface area contributed by atoms with Crippen LogP contribution in [0.1, 0.15) is 4.88 Å². The summed E-state index contributed by atoms with van der Waals surface area (Å²) in [5.74, 6) is -0.0510. The highest BCUT2D eigenvalue weighted by molar-refractivity contribution is 7.98. The molecule has 0 unspecified atom stereocenters. The number of thiophene rings is 1. The van der Waals surface area contributed by atoms with Crippen LogP contribution in [0.4, 0.5) is 4.39 Å². The minimum Gasteiger partial charge on any atom is -0.205 e. The first-order valence-corrected chi connectivity index (χ1v) is 5.99. The van der Waals surface area contributed by atoms with Gasteiger partial charge in [-0.1, -0.05) is 6.07 Å². The number of halogens is 1. The van der Waals surface area contributed by atoms with E-state index in [-0.39, 0.29) is 5.82 Å². The highest BCUT2D eigenvalue weighted by Gasteiger charge is 2.11. The van der Waals surface area contributed by atoms with Gasteiger partial charge in [0.05, 0.1) is 0 Å². The molecule has 0 nitrogen and oxygen atoms in total. The number of hydrogen-bond acceptors (Lipinski definition) is 2. The third-order valence-corrected chi connectivity index (χ3v) is 3.83. The lowest BCUT2D eigenvalue weighted by molar-refractivity contribution is 0.635. The number of hydrogen-bond donors (Lipinski definition) is 0. The summed E-state index contributed by atoms with van der Waals surface area (Å²) in [6, 6.07) is 5.90. The van der Waals surface area contributed by atoms with E-state index in [1.807, 2.05) is 31.4 Å². The van der Waals surface area contributed by atoms with Crippen molar-refractivity contribution in [3.63, 3.8) is 0 Å². The molecule has 0 aliphatic heterocycles. The van der Waals surface area contributed by atoms with Crippen molar-refractivity contribution < 1.29 is 4.39 Å². The normalized spacial score (nSPS) is 11.0. The highest BCUT2D eigenvalue weighted by atomic mass is 32.2. The molecule has 0 atom stereocenters. The monoisotopic (exact) mass is 212 g/mol. The van der Waals surface area contributed by atoms with E-state index in [9.17, 15) is 4.39 Å². The van der Waals surface area contributed by atoms with Crippen LogP contribution in [-0.2, 0) is 0 Å². The van der Waals surface area contributed by atoms with Gasteiger partial charge < -0.3 is 0 Å². The van der Waals surface area contributed by atoms with E-state index in [4.69, 9.17) is 0 Å². The summed E-state index contributed by atoms with van der Waals surface area (Å²) >= 11 is 3.11. The van der Waals surface area contributed by atoms with Gasteiger partial charge in [0.2, 0.25) is 0 Å². The second-order valence-electron chi connectivity index (χ2n) is 2.81. The summed E-state index contributed by atoms with van der Waals surface area (Å²) in [6.45, 7) is 1.82. The maximum absolute atomic E-state index is 13.6. The zero-order valence-electron chi connectivity index (χ0n) is 7.43. The van der Waals surface area contributed by atoms with Gasteiger partial charge in [0.1, 0.15) is 5.82 Å². The Morgan fingerprint density at radius 1 is 1.38 bits per heavy atom. The van der Waals surface area contributed by atoms with Crippen LogP contribution >= 0.6 is 23.1 Å². The predicted molar refractivity (Wildman–Crippen MR) is 58.3 cm³/mol. The zero-order valence-corrected chi connectivity index (χ0v) is 9.06. The largest absolute Gasteiger partial charge is 0.205 e. The molecule has 1 aromatic carbocycles. The fourth-order valence-electron chi connectivity index (χ4n) is 1.37. The van der Waals surface area contributed by atoms with E-state index in [0.29, 0.717) is 0 Å². The minimum atomic E-state index is -0.0510.